The first-order chi connectivity index (χ1) is 15.9. The van der Waals surface area contributed by atoms with Gasteiger partial charge in [-0.05, 0) is 49.9 Å². The van der Waals surface area contributed by atoms with Gasteiger partial charge < -0.3 is 10.1 Å². The number of hydrogen-bond donors (Lipinski definition) is 1. The monoisotopic (exact) mass is 487 g/mol. The highest BCUT2D eigenvalue weighted by Gasteiger charge is 2.43. The van der Waals surface area contributed by atoms with Gasteiger partial charge in [0.15, 0.2) is 16.7 Å². The molecule has 0 bridgehead atoms. The lowest BCUT2D eigenvalue weighted by Crippen LogP contribution is -2.42. The van der Waals surface area contributed by atoms with Crippen molar-refractivity contribution in [2.24, 2.45) is 11.3 Å². The molecule has 174 valence electrons. The Morgan fingerprint density at radius 2 is 2.03 bits per heavy atom. The Morgan fingerprint density at radius 1 is 1.27 bits per heavy atom. The number of carbonyl (C=O) groups is 1. The fourth-order valence-corrected chi connectivity index (χ4v) is 5.23. The molecule has 33 heavy (non-hydrogen) atoms. The Balaban J connectivity index is 1.49. The van der Waals surface area contributed by atoms with Crippen molar-refractivity contribution in [2.45, 2.75) is 52.1 Å². The maximum Gasteiger partial charge on any atom is 0.188 e. The van der Waals surface area contributed by atoms with Crippen LogP contribution in [0.1, 0.15) is 45.2 Å². The van der Waals surface area contributed by atoms with Crippen LogP contribution in [0.4, 0.5) is 15.3 Å². The number of aromatic nitrogens is 2. The van der Waals surface area contributed by atoms with Crippen molar-refractivity contribution in [2.75, 3.05) is 5.32 Å². The van der Waals surface area contributed by atoms with Crippen molar-refractivity contribution in [3.8, 4) is 5.75 Å². The van der Waals surface area contributed by atoms with Crippen LogP contribution >= 0.6 is 22.9 Å². The summed E-state index contributed by atoms with van der Waals surface area (Å²) in [5.74, 6) is 0.503. The van der Waals surface area contributed by atoms with Crippen LogP contribution in [0.3, 0.4) is 0 Å². The van der Waals surface area contributed by atoms with Crippen LogP contribution < -0.4 is 10.1 Å². The topological polar surface area (TPSA) is 64.1 Å². The standard InChI is InChI=1S/C25H27ClFN3O2S/c1-16(2)23(31)25(15-17-5-3-8-21(29-17)30-24-28-13-14-33-24)11-9-18(10-12-25)32-20-7-4-6-19(26)22(20)27/h3-8,13-14,16,18H,9-12,15H2,1-2H3,(H,28,29,30)/t18-,25-. The average Bonchev–Trinajstić information content (AvgIpc) is 3.31. The zero-order valence-electron chi connectivity index (χ0n) is 18.7. The summed E-state index contributed by atoms with van der Waals surface area (Å²) in [5.41, 5.74) is 0.360. The van der Waals surface area contributed by atoms with Crippen molar-refractivity contribution in [3.05, 3.63) is 64.5 Å². The van der Waals surface area contributed by atoms with E-state index >= 15 is 0 Å². The number of halogens is 2. The number of thiazole rings is 1. The first-order valence-electron chi connectivity index (χ1n) is 11.1. The van der Waals surface area contributed by atoms with Gasteiger partial charge in [-0.15, -0.1) is 11.3 Å². The number of anilines is 2. The smallest absolute Gasteiger partial charge is 0.188 e. The summed E-state index contributed by atoms with van der Waals surface area (Å²) in [5, 5.41) is 5.94. The number of nitrogens with zero attached hydrogens (tertiary/aromatic N) is 2. The summed E-state index contributed by atoms with van der Waals surface area (Å²) < 4.78 is 20.2. The maximum absolute atomic E-state index is 14.3. The van der Waals surface area contributed by atoms with E-state index in [1.807, 2.05) is 37.4 Å². The zero-order chi connectivity index (χ0) is 23.4. The molecule has 2 aromatic heterocycles. The highest BCUT2D eigenvalue weighted by atomic mass is 35.5. The summed E-state index contributed by atoms with van der Waals surface area (Å²) in [7, 11) is 0. The number of nitrogens with one attached hydrogen (secondary N) is 1. The van der Waals surface area contributed by atoms with Crippen molar-refractivity contribution in [1.82, 2.24) is 9.97 Å². The van der Waals surface area contributed by atoms with E-state index in [-0.39, 0.29) is 28.6 Å². The molecule has 0 spiro atoms. The van der Waals surface area contributed by atoms with Gasteiger partial charge in [0.25, 0.3) is 0 Å². The van der Waals surface area contributed by atoms with Crippen LogP contribution in [0.15, 0.2) is 48.0 Å². The molecule has 0 aliphatic heterocycles. The Labute approximate surface area is 202 Å². The third kappa shape index (κ3) is 5.53. The minimum atomic E-state index is -0.539. The highest BCUT2D eigenvalue weighted by Crippen LogP contribution is 2.43. The predicted molar refractivity (Wildman–Crippen MR) is 130 cm³/mol. The molecule has 0 amide bonds. The highest BCUT2D eigenvalue weighted by molar-refractivity contribution is 7.13. The number of rotatable bonds is 8. The van der Waals surface area contributed by atoms with Crippen molar-refractivity contribution in [1.29, 1.82) is 0 Å². The van der Waals surface area contributed by atoms with E-state index in [0.29, 0.717) is 37.9 Å². The number of benzene rings is 1. The van der Waals surface area contributed by atoms with Gasteiger partial charge >= 0.3 is 0 Å². The Morgan fingerprint density at radius 3 is 2.73 bits per heavy atom. The first-order valence-corrected chi connectivity index (χ1v) is 12.4. The van der Waals surface area contributed by atoms with Gasteiger partial charge in [-0.25, -0.2) is 14.4 Å². The molecule has 0 unspecified atom stereocenters. The number of pyridine rings is 1. The first kappa shape index (κ1) is 23.6. The van der Waals surface area contributed by atoms with Gasteiger partial charge in [-0.3, -0.25) is 4.79 Å². The van der Waals surface area contributed by atoms with Crippen LogP contribution in [0.2, 0.25) is 5.02 Å². The lowest BCUT2D eigenvalue weighted by molar-refractivity contribution is -0.135. The van der Waals surface area contributed by atoms with Crippen molar-refractivity contribution < 1.29 is 13.9 Å². The molecular formula is C25H27ClFN3O2S. The summed E-state index contributed by atoms with van der Waals surface area (Å²) in [6.07, 6.45) is 4.82. The lowest BCUT2D eigenvalue weighted by atomic mass is 9.65. The second kappa shape index (κ2) is 10.2. The molecule has 1 aliphatic carbocycles. The molecule has 1 saturated carbocycles. The summed E-state index contributed by atoms with van der Waals surface area (Å²) in [6, 6.07) is 10.6. The average molecular weight is 488 g/mol. The minimum absolute atomic E-state index is 0.0463. The van der Waals surface area contributed by atoms with E-state index in [4.69, 9.17) is 21.3 Å². The fourth-order valence-electron chi connectivity index (χ4n) is 4.53. The lowest BCUT2D eigenvalue weighted by Gasteiger charge is -2.40. The summed E-state index contributed by atoms with van der Waals surface area (Å²) >= 11 is 7.39. The summed E-state index contributed by atoms with van der Waals surface area (Å²) in [6.45, 7) is 3.89. The van der Waals surface area contributed by atoms with E-state index in [1.54, 1.807) is 18.3 Å². The predicted octanol–water partition coefficient (Wildman–Crippen LogP) is 6.85. The van der Waals surface area contributed by atoms with Gasteiger partial charge in [0.05, 0.1) is 11.1 Å². The molecule has 1 fully saturated rings. The van der Waals surface area contributed by atoms with E-state index < -0.39 is 11.2 Å². The molecule has 1 aliphatic rings. The Kier molecular flexibility index (Phi) is 7.29. The van der Waals surface area contributed by atoms with E-state index in [2.05, 4.69) is 10.3 Å². The molecule has 0 atom stereocenters. The van der Waals surface area contributed by atoms with Crippen LogP contribution in [-0.2, 0) is 11.2 Å². The molecule has 4 rings (SSSR count). The molecule has 0 radical (unpaired) electrons. The number of ether oxygens (including phenoxy) is 1. The molecule has 3 aromatic rings. The molecule has 5 nitrogen and oxygen atoms in total. The van der Waals surface area contributed by atoms with Crippen molar-refractivity contribution in [3.63, 3.8) is 0 Å². The quantitative estimate of drug-likeness (QED) is 0.376. The van der Waals surface area contributed by atoms with Gasteiger partial charge in [0.2, 0.25) is 0 Å². The number of ketones is 1. The number of hydrogen-bond acceptors (Lipinski definition) is 6. The van der Waals surface area contributed by atoms with Gasteiger partial charge in [-0.1, -0.05) is 37.6 Å². The minimum Gasteiger partial charge on any atom is -0.487 e. The largest absolute Gasteiger partial charge is 0.487 e. The molecule has 1 aromatic carbocycles. The third-order valence-corrected chi connectivity index (χ3v) is 7.12. The molecule has 2 heterocycles. The second-order valence-electron chi connectivity index (χ2n) is 8.82. The SMILES string of the molecule is CC(C)C(=O)[C@]1(Cc2cccc(Nc3nccs3)n2)CC[C@@H](Oc2cccc(Cl)c2F)CC1. The fraction of sp³-hybridized carbons (Fsp3) is 0.400. The van der Waals surface area contributed by atoms with E-state index in [9.17, 15) is 9.18 Å². The molecule has 1 N–H and O–H groups in total. The molecule has 8 heteroatoms. The van der Waals surface area contributed by atoms with Crippen LogP contribution in [0.25, 0.3) is 0 Å². The van der Waals surface area contributed by atoms with Crippen LogP contribution in [0.5, 0.6) is 5.75 Å². The number of carbonyl (C=O) groups excluding carboxylic acids is 1. The molecule has 0 saturated heterocycles. The zero-order valence-corrected chi connectivity index (χ0v) is 20.3. The van der Waals surface area contributed by atoms with E-state index in [1.165, 1.54) is 17.4 Å². The Bertz CT molecular complexity index is 1100. The van der Waals surface area contributed by atoms with Crippen LogP contribution in [-0.4, -0.2) is 21.9 Å². The van der Waals surface area contributed by atoms with Gasteiger partial charge in [0, 0.05) is 35.0 Å². The molecular weight excluding hydrogens is 461 g/mol. The second-order valence-corrected chi connectivity index (χ2v) is 10.1. The summed E-state index contributed by atoms with van der Waals surface area (Å²) in [4.78, 5) is 22.3. The normalized spacial score (nSPS) is 20.6. The third-order valence-electron chi connectivity index (χ3n) is 6.14. The Hall–Kier alpha value is -2.51. The van der Waals surface area contributed by atoms with Gasteiger partial charge in [0.1, 0.15) is 11.6 Å². The van der Waals surface area contributed by atoms with Gasteiger partial charge in [-0.2, -0.15) is 0 Å². The van der Waals surface area contributed by atoms with Crippen LogP contribution in [0, 0.1) is 17.2 Å². The van der Waals surface area contributed by atoms with E-state index in [0.717, 1.165) is 10.8 Å². The number of Topliss-reactive ketones (excluding diaryl/α,β-unsaturated/α-hetero) is 1. The maximum atomic E-state index is 14.3. The van der Waals surface area contributed by atoms with Crippen molar-refractivity contribution >= 4 is 39.7 Å².